The minimum absolute atomic E-state index is 0.313. The van der Waals surface area contributed by atoms with Crippen molar-refractivity contribution in [1.29, 1.82) is 0 Å². The van der Waals surface area contributed by atoms with Crippen LogP contribution in [0.5, 0.6) is 11.5 Å². The van der Waals surface area contributed by atoms with Crippen LogP contribution in [0.1, 0.15) is 24.2 Å². The zero-order chi connectivity index (χ0) is 21.8. The summed E-state index contributed by atoms with van der Waals surface area (Å²) in [5.41, 5.74) is 1.38. The Balaban J connectivity index is 1.91. The topological polar surface area (TPSA) is 52.8 Å². The Morgan fingerprint density at radius 3 is 2.68 bits per heavy atom. The molecule has 0 atom stereocenters. The SMILES string of the molecule is C#CCn1c(=NC(=O)c2c(OCC)ccc3ccccc23)sc2cc(OCC)ccc21. The van der Waals surface area contributed by atoms with Crippen LogP contribution in [0.15, 0.2) is 59.6 Å². The molecule has 0 spiro atoms. The summed E-state index contributed by atoms with van der Waals surface area (Å²) in [5.74, 6) is 3.60. The van der Waals surface area contributed by atoms with Crippen molar-refractivity contribution >= 4 is 38.2 Å². The van der Waals surface area contributed by atoms with E-state index in [1.807, 2.05) is 73.0 Å². The second-order valence-electron chi connectivity index (χ2n) is 6.75. The predicted molar refractivity (Wildman–Crippen MR) is 125 cm³/mol. The number of amides is 1. The van der Waals surface area contributed by atoms with E-state index in [0.29, 0.717) is 35.9 Å². The predicted octanol–water partition coefficient (Wildman–Crippen LogP) is 5.03. The fraction of sp³-hybridized carbons (Fsp3) is 0.200. The number of thiazole rings is 1. The van der Waals surface area contributed by atoms with Crippen molar-refractivity contribution in [3.63, 3.8) is 0 Å². The van der Waals surface area contributed by atoms with Crippen LogP contribution in [0.3, 0.4) is 0 Å². The van der Waals surface area contributed by atoms with Gasteiger partial charge in [0.25, 0.3) is 5.91 Å². The smallest absolute Gasteiger partial charge is 0.284 e. The van der Waals surface area contributed by atoms with E-state index in [0.717, 1.165) is 26.7 Å². The minimum atomic E-state index is -0.359. The van der Waals surface area contributed by atoms with Crippen LogP contribution in [0.2, 0.25) is 0 Å². The van der Waals surface area contributed by atoms with Crippen molar-refractivity contribution in [1.82, 2.24) is 4.57 Å². The molecule has 0 aliphatic carbocycles. The third-order valence-corrected chi connectivity index (χ3v) is 5.86. The number of aromatic nitrogens is 1. The molecule has 1 aromatic heterocycles. The van der Waals surface area contributed by atoms with Crippen LogP contribution in [-0.2, 0) is 6.54 Å². The zero-order valence-electron chi connectivity index (χ0n) is 17.4. The van der Waals surface area contributed by atoms with Gasteiger partial charge in [-0.25, -0.2) is 0 Å². The number of rotatable bonds is 6. The Hall–Kier alpha value is -3.56. The highest BCUT2D eigenvalue weighted by Crippen LogP contribution is 2.29. The minimum Gasteiger partial charge on any atom is -0.494 e. The average Bonchev–Trinajstić information content (AvgIpc) is 3.10. The van der Waals surface area contributed by atoms with Gasteiger partial charge in [-0.2, -0.15) is 4.99 Å². The fourth-order valence-corrected chi connectivity index (χ4v) is 4.59. The summed E-state index contributed by atoms with van der Waals surface area (Å²) in [5, 5.41) is 1.77. The summed E-state index contributed by atoms with van der Waals surface area (Å²) >= 11 is 1.41. The van der Waals surface area contributed by atoms with E-state index in [1.54, 1.807) is 0 Å². The van der Waals surface area contributed by atoms with E-state index < -0.39 is 0 Å². The number of benzene rings is 3. The number of terminal acetylenes is 1. The molecule has 0 saturated carbocycles. The van der Waals surface area contributed by atoms with Gasteiger partial charge in [0.1, 0.15) is 11.5 Å². The molecule has 1 heterocycles. The van der Waals surface area contributed by atoms with Crippen LogP contribution < -0.4 is 14.3 Å². The molecule has 0 radical (unpaired) electrons. The van der Waals surface area contributed by atoms with Crippen molar-refractivity contribution in [2.75, 3.05) is 13.2 Å². The molecule has 6 heteroatoms. The second kappa shape index (κ2) is 9.07. The molecular formula is C25H22N2O3S. The molecule has 0 fully saturated rings. The monoisotopic (exact) mass is 430 g/mol. The lowest BCUT2D eigenvalue weighted by molar-refractivity contribution is 0.0996. The average molecular weight is 431 g/mol. The highest BCUT2D eigenvalue weighted by atomic mass is 32.1. The van der Waals surface area contributed by atoms with E-state index in [9.17, 15) is 4.79 Å². The number of nitrogens with zero attached hydrogens (tertiary/aromatic N) is 2. The van der Waals surface area contributed by atoms with Gasteiger partial charge in [-0.1, -0.05) is 47.6 Å². The van der Waals surface area contributed by atoms with Crippen molar-refractivity contribution in [3.05, 3.63) is 65.0 Å². The number of carbonyl (C=O) groups excluding carboxylic acids is 1. The van der Waals surface area contributed by atoms with E-state index >= 15 is 0 Å². The Kier molecular flexibility index (Phi) is 6.06. The third-order valence-electron chi connectivity index (χ3n) is 4.82. The molecule has 0 bridgehead atoms. The van der Waals surface area contributed by atoms with Crippen molar-refractivity contribution in [3.8, 4) is 23.8 Å². The first-order valence-electron chi connectivity index (χ1n) is 10.1. The molecule has 156 valence electrons. The number of fused-ring (bicyclic) bond motifs is 2. The molecule has 31 heavy (non-hydrogen) atoms. The molecular weight excluding hydrogens is 408 g/mol. The van der Waals surface area contributed by atoms with Gasteiger partial charge in [0.05, 0.1) is 35.5 Å². The lowest BCUT2D eigenvalue weighted by atomic mass is 10.0. The zero-order valence-corrected chi connectivity index (χ0v) is 18.2. The Bertz CT molecular complexity index is 1380. The standard InChI is InChI=1S/C25H22N2O3S/c1-4-15-27-20-13-12-18(29-5-2)16-22(20)31-25(27)26-24(28)23-19-10-8-7-9-17(19)11-14-21(23)30-6-3/h1,7-14,16H,5-6,15H2,2-3H3. The summed E-state index contributed by atoms with van der Waals surface area (Å²) in [6.45, 7) is 5.19. The quantitative estimate of drug-likeness (QED) is 0.403. The number of ether oxygens (including phenoxy) is 2. The summed E-state index contributed by atoms with van der Waals surface area (Å²) in [4.78, 5) is 18.4. The molecule has 4 aromatic rings. The fourth-order valence-electron chi connectivity index (χ4n) is 3.53. The van der Waals surface area contributed by atoms with E-state index in [2.05, 4.69) is 10.9 Å². The molecule has 4 rings (SSSR count). The summed E-state index contributed by atoms with van der Waals surface area (Å²) < 4.78 is 14.2. The van der Waals surface area contributed by atoms with Crippen LogP contribution >= 0.6 is 11.3 Å². The van der Waals surface area contributed by atoms with Gasteiger partial charge in [-0.3, -0.25) is 4.79 Å². The Morgan fingerprint density at radius 2 is 1.90 bits per heavy atom. The van der Waals surface area contributed by atoms with Crippen molar-refractivity contribution in [2.24, 2.45) is 4.99 Å². The van der Waals surface area contributed by atoms with E-state index in [-0.39, 0.29) is 5.91 Å². The largest absolute Gasteiger partial charge is 0.494 e. The number of hydrogen-bond acceptors (Lipinski definition) is 4. The lowest BCUT2D eigenvalue weighted by Gasteiger charge is -2.10. The molecule has 0 N–H and O–H groups in total. The van der Waals surface area contributed by atoms with Crippen molar-refractivity contribution in [2.45, 2.75) is 20.4 Å². The van der Waals surface area contributed by atoms with Gasteiger partial charge in [0.2, 0.25) is 0 Å². The second-order valence-corrected chi connectivity index (χ2v) is 7.76. The maximum Gasteiger partial charge on any atom is 0.284 e. The van der Waals surface area contributed by atoms with Gasteiger partial charge < -0.3 is 14.0 Å². The van der Waals surface area contributed by atoms with Gasteiger partial charge in [-0.15, -0.1) is 6.42 Å². The van der Waals surface area contributed by atoms with Gasteiger partial charge >= 0.3 is 0 Å². The Labute approximate surface area is 184 Å². The molecule has 0 aliphatic heterocycles. The van der Waals surface area contributed by atoms with Crippen LogP contribution in [-0.4, -0.2) is 23.7 Å². The highest BCUT2D eigenvalue weighted by molar-refractivity contribution is 7.16. The molecule has 0 aliphatic rings. The summed E-state index contributed by atoms with van der Waals surface area (Å²) in [6, 6.07) is 17.3. The number of hydrogen-bond donors (Lipinski definition) is 0. The molecule has 1 amide bonds. The van der Waals surface area contributed by atoms with Crippen LogP contribution in [0.4, 0.5) is 0 Å². The maximum absolute atomic E-state index is 13.4. The molecule has 3 aromatic carbocycles. The molecule has 0 unspecified atom stereocenters. The third kappa shape index (κ3) is 4.05. The van der Waals surface area contributed by atoms with E-state index in [1.165, 1.54) is 11.3 Å². The van der Waals surface area contributed by atoms with Crippen LogP contribution in [0, 0.1) is 12.3 Å². The maximum atomic E-state index is 13.4. The van der Waals surface area contributed by atoms with Crippen molar-refractivity contribution < 1.29 is 14.3 Å². The van der Waals surface area contributed by atoms with Gasteiger partial charge in [-0.05, 0) is 48.9 Å². The normalized spacial score (nSPS) is 11.6. The summed E-state index contributed by atoms with van der Waals surface area (Å²) in [6.07, 6.45) is 5.60. The first-order valence-corrected chi connectivity index (χ1v) is 10.9. The molecule has 5 nitrogen and oxygen atoms in total. The van der Waals surface area contributed by atoms with Gasteiger partial charge in [0.15, 0.2) is 4.80 Å². The first kappa shape index (κ1) is 20.7. The lowest BCUT2D eigenvalue weighted by Crippen LogP contribution is -2.17. The Morgan fingerprint density at radius 1 is 1.10 bits per heavy atom. The molecule has 0 saturated heterocycles. The first-order chi connectivity index (χ1) is 15.2. The van der Waals surface area contributed by atoms with E-state index in [4.69, 9.17) is 15.9 Å². The van der Waals surface area contributed by atoms with Crippen LogP contribution in [0.25, 0.3) is 21.0 Å². The number of carbonyl (C=O) groups is 1. The highest BCUT2D eigenvalue weighted by Gasteiger charge is 2.17. The summed E-state index contributed by atoms with van der Waals surface area (Å²) in [7, 11) is 0. The van der Waals surface area contributed by atoms with Gasteiger partial charge in [0, 0.05) is 0 Å².